The Morgan fingerprint density at radius 2 is 1.62 bits per heavy atom. The van der Waals surface area contributed by atoms with Gasteiger partial charge in [0.05, 0.1) is 16.1 Å². The molecule has 1 amide bonds. The molecular weight excluding hydrogens is 809 g/mol. The number of ether oxygens (including phenoxy) is 3. The lowest BCUT2D eigenvalue weighted by molar-refractivity contribution is -0.143. The second-order valence-corrected chi connectivity index (χ2v) is 16.6. The van der Waals surface area contributed by atoms with Crippen molar-refractivity contribution < 1.29 is 28.9 Å². The topological polar surface area (TPSA) is 110 Å². The Balaban J connectivity index is 0.993. The van der Waals surface area contributed by atoms with E-state index in [-0.39, 0.29) is 24.5 Å². The van der Waals surface area contributed by atoms with Crippen LogP contribution in [0, 0.1) is 13.8 Å². The maximum Gasteiger partial charge on any atom is 0.326 e. The quantitative estimate of drug-likeness (QED) is 0.118. The third-order valence-electron chi connectivity index (χ3n) is 11.6. The van der Waals surface area contributed by atoms with Crippen LogP contribution < -0.4 is 19.5 Å². The molecule has 0 saturated heterocycles. The van der Waals surface area contributed by atoms with Gasteiger partial charge in [-0.05, 0) is 119 Å². The van der Waals surface area contributed by atoms with Crippen LogP contribution in [0.3, 0.4) is 0 Å². The van der Waals surface area contributed by atoms with Gasteiger partial charge in [-0.2, -0.15) is 0 Å². The lowest BCUT2D eigenvalue weighted by atomic mass is 9.89. The summed E-state index contributed by atoms with van der Waals surface area (Å²) in [6.07, 6.45) is 2.78. The predicted octanol–water partition coefficient (Wildman–Crippen LogP) is 10.5. The molecule has 2 aliphatic heterocycles. The fourth-order valence-corrected chi connectivity index (χ4v) is 8.60. The van der Waals surface area contributed by atoms with Crippen molar-refractivity contribution in [3.05, 3.63) is 176 Å². The molecule has 9 nitrogen and oxygen atoms in total. The lowest BCUT2D eigenvalue weighted by Gasteiger charge is -2.42. The molecule has 312 valence electrons. The fraction of sp³-hybridized carbons (Fsp3) is 0.260. The summed E-state index contributed by atoms with van der Waals surface area (Å²) in [6.45, 7) is 7.20. The minimum absolute atomic E-state index is 0.0976. The number of carbonyl (C=O) groups excluding carboxylic acids is 1. The highest BCUT2D eigenvalue weighted by Crippen LogP contribution is 2.43. The number of carbonyl (C=O) groups is 2. The number of carboxylic acids is 1. The van der Waals surface area contributed by atoms with E-state index in [1.165, 1.54) is 0 Å². The van der Waals surface area contributed by atoms with Crippen molar-refractivity contribution >= 4 is 35.1 Å². The molecule has 6 aromatic rings. The Morgan fingerprint density at radius 3 is 2.34 bits per heavy atom. The predicted molar refractivity (Wildman–Crippen MR) is 237 cm³/mol. The summed E-state index contributed by atoms with van der Waals surface area (Å²) in [6, 6.07) is 35.4. The summed E-state index contributed by atoms with van der Waals surface area (Å²) >= 11 is 12.2. The van der Waals surface area contributed by atoms with Gasteiger partial charge in [0.2, 0.25) is 5.91 Å². The Labute approximate surface area is 366 Å². The Morgan fingerprint density at radius 1 is 0.885 bits per heavy atom. The van der Waals surface area contributed by atoms with Gasteiger partial charge in [0.15, 0.2) is 17.6 Å². The number of carboxylic acid groups (broad SMARTS) is 1. The Kier molecular flexibility index (Phi) is 12.6. The monoisotopic (exact) mass is 855 g/mol. The van der Waals surface area contributed by atoms with Crippen LogP contribution in [-0.2, 0) is 35.6 Å². The molecule has 0 bridgehead atoms. The molecule has 2 aliphatic rings. The maximum atomic E-state index is 14.4. The second kappa shape index (κ2) is 18.4. The molecule has 3 heterocycles. The number of rotatable bonds is 13. The fourth-order valence-electron chi connectivity index (χ4n) is 8.28. The first-order valence-corrected chi connectivity index (χ1v) is 21.3. The Hall–Kier alpha value is -5.87. The van der Waals surface area contributed by atoms with Gasteiger partial charge < -0.3 is 24.6 Å². The minimum atomic E-state index is -1.12. The van der Waals surface area contributed by atoms with E-state index in [0.29, 0.717) is 53.5 Å². The van der Waals surface area contributed by atoms with Gasteiger partial charge in [-0.3, -0.25) is 14.7 Å². The summed E-state index contributed by atoms with van der Waals surface area (Å²) in [7, 11) is 0. The summed E-state index contributed by atoms with van der Waals surface area (Å²) in [5, 5.41) is 14.3. The summed E-state index contributed by atoms with van der Waals surface area (Å²) in [5.74, 6) is 0.542. The SMILES string of the molecule is CC[C@@H](c1ccccc1)N1Cc2cc3c(cc2C[C@H]1C(=O)NC(Cc1ccc(-c2cc(C)ncc2C)cc1)C(=O)O)OC[C@H](c1ccc(OCc2ccc(Cl)c(Cl)c2)cc1)O3. The average Bonchev–Trinajstić information content (AvgIpc) is 3.27. The number of hydrogen-bond donors (Lipinski definition) is 2. The van der Waals surface area contributed by atoms with Gasteiger partial charge >= 0.3 is 5.97 Å². The van der Waals surface area contributed by atoms with Crippen LogP contribution in [0.15, 0.2) is 121 Å². The van der Waals surface area contributed by atoms with E-state index in [1.54, 1.807) is 12.1 Å². The number of fused-ring (bicyclic) bond motifs is 2. The maximum absolute atomic E-state index is 14.4. The zero-order valence-corrected chi connectivity index (χ0v) is 35.7. The van der Waals surface area contributed by atoms with Crippen molar-refractivity contribution in [3.8, 4) is 28.4 Å². The summed E-state index contributed by atoms with van der Waals surface area (Å²) in [5.41, 5.74) is 9.84. The number of nitrogens with one attached hydrogen (secondary N) is 1. The summed E-state index contributed by atoms with van der Waals surface area (Å²) in [4.78, 5) is 33.7. The molecule has 0 fully saturated rings. The van der Waals surface area contributed by atoms with Gasteiger partial charge in [-0.25, -0.2) is 4.79 Å². The number of nitrogens with zero attached hydrogens (tertiary/aromatic N) is 2. The largest absolute Gasteiger partial charge is 0.489 e. The molecule has 0 aliphatic carbocycles. The van der Waals surface area contributed by atoms with Crippen LogP contribution in [0.4, 0.5) is 0 Å². The third-order valence-corrected chi connectivity index (χ3v) is 12.3. The number of aromatic nitrogens is 1. The van der Waals surface area contributed by atoms with E-state index in [9.17, 15) is 14.7 Å². The van der Waals surface area contributed by atoms with Crippen molar-refractivity contribution in [3.63, 3.8) is 0 Å². The lowest BCUT2D eigenvalue weighted by Crippen LogP contribution is -2.55. The standard InChI is InChI=1S/C50H47Cl2N3O6/c1-4-44(35-8-6-5-7-9-35)55-27-38-25-47-46(60-29-48(61-47)36-15-17-39(18-16-36)59-28-33-12-19-41(51)42(52)21-33)24-37(38)23-45(55)49(56)54-43(50(57)58)22-32-10-13-34(14-11-32)40-20-31(3)53-26-30(40)2/h5-21,24-26,43-45,48H,4,22-23,27-29H2,1-3H3,(H,54,56)(H,57,58)/t43?,44-,45-,48+/m0/s1. The normalized spacial score (nSPS) is 16.9. The second-order valence-electron chi connectivity index (χ2n) is 15.8. The molecule has 0 saturated carbocycles. The zero-order chi connectivity index (χ0) is 42.6. The van der Waals surface area contributed by atoms with E-state index in [2.05, 4.69) is 34.3 Å². The van der Waals surface area contributed by atoms with Crippen LogP contribution in [-0.4, -0.2) is 45.6 Å². The van der Waals surface area contributed by atoms with Crippen LogP contribution >= 0.6 is 23.2 Å². The number of pyridine rings is 1. The molecule has 0 spiro atoms. The highest BCUT2D eigenvalue weighted by Gasteiger charge is 2.39. The van der Waals surface area contributed by atoms with Crippen molar-refractivity contribution in [1.29, 1.82) is 0 Å². The van der Waals surface area contributed by atoms with E-state index >= 15 is 0 Å². The van der Waals surface area contributed by atoms with Crippen LogP contribution in [0.5, 0.6) is 17.2 Å². The average molecular weight is 857 g/mol. The van der Waals surface area contributed by atoms with Crippen molar-refractivity contribution in [2.75, 3.05) is 6.61 Å². The zero-order valence-electron chi connectivity index (χ0n) is 34.2. The number of amides is 1. The van der Waals surface area contributed by atoms with Crippen LogP contribution in [0.1, 0.15) is 70.1 Å². The highest BCUT2D eigenvalue weighted by atomic mass is 35.5. The minimum Gasteiger partial charge on any atom is -0.489 e. The smallest absolute Gasteiger partial charge is 0.326 e. The van der Waals surface area contributed by atoms with E-state index in [4.69, 9.17) is 37.4 Å². The molecule has 4 atom stereocenters. The van der Waals surface area contributed by atoms with Crippen molar-refractivity contribution in [2.45, 2.75) is 77.4 Å². The molecule has 0 radical (unpaired) electrons. The molecule has 8 rings (SSSR count). The summed E-state index contributed by atoms with van der Waals surface area (Å²) < 4.78 is 18.9. The number of hydrogen-bond acceptors (Lipinski definition) is 7. The first-order chi connectivity index (χ1) is 29.5. The van der Waals surface area contributed by atoms with Crippen molar-refractivity contribution in [1.82, 2.24) is 15.2 Å². The van der Waals surface area contributed by atoms with Gasteiger partial charge in [0, 0.05) is 30.9 Å². The van der Waals surface area contributed by atoms with Gasteiger partial charge in [-0.15, -0.1) is 0 Å². The van der Waals surface area contributed by atoms with Gasteiger partial charge in [0.25, 0.3) is 0 Å². The molecule has 2 N–H and O–H groups in total. The molecule has 1 aromatic heterocycles. The first kappa shape index (κ1) is 41.8. The molecule has 11 heteroatoms. The van der Waals surface area contributed by atoms with Crippen LogP contribution in [0.2, 0.25) is 10.0 Å². The van der Waals surface area contributed by atoms with Crippen LogP contribution in [0.25, 0.3) is 11.1 Å². The third kappa shape index (κ3) is 9.55. The van der Waals surface area contributed by atoms with E-state index < -0.39 is 18.1 Å². The number of halogens is 2. The first-order valence-electron chi connectivity index (χ1n) is 20.5. The van der Waals surface area contributed by atoms with E-state index in [0.717, 1.165) is 62.2 Å². The Bertz CT molecular complexity index is 2530. The number of aryl methyl sites for hydroxylation is 2. The molecule has 61 heavy (non-hydrogen) atoms. The number of aliphatic carboxylic acids is 1. The number of benzene rings is 5. The molecule has 5 aromatic carbocycles. The molecule has 1 unspecified atom stereocenters. The van der Waals surface area contributed by atoms with Crippen molar-refractivity contribution in [2.24, 2.45) is 0 Å². The molecular formula is C50H47Cl2N3O6. The highest BCUT2D eigenvalue weighted by molar-refractivity contribution is 6.42. The van der Waals surface area contributed by atoms with Gasteiger partial charge in [-0.1, -0.05) is 103 Å². The van der Waals surface area contributed by atoms with Gasteiger partial charge in [0.1, 0.15) is 25.0 Å². The van der Waals surface area contributed by atoms with E-state index in [1.807, 2.05) is 111 Å².